The van der Waals surface area contributed by atoms with Crippen LogP contribution in [0.4, 0.5) is 5.69 Å². The van der Waals surface area contributed by atoms with Crippen molar-refractivity contribution in [2.75, 3.05) is 4.90 Å². The first-order chi connectivity index (χ1) is 19.8. The molecule has 0 radical (unpaired) electrons. The van der Waals surface area contributed by atoms with Crippen molar-refractivity contribution in [3.05, 3.63) is 136 Å². The van der Waals surface area contributed by atoms with Crippen LogP contribution in [0, 0.1) is 27.7 Å². The molecule has 3 heterocycles. The van der Waals surface area contributed by atoms with E-state index in [0.29, 0.717) is 10.1 Å². The number of hydrogen-bond acceptors (Lipinski definition) is 3. The number of aryl methyl sites for hydroxylation is 1. The van der Waals surface area contributed by atoms with E-state index in [1.807, 2.05) is 79.9 Å². The molecule has 7 heteroatoms. The molecule has 1 N–H and O–H groups in total. The zero-order valence-electron chi connectivity index (χ0n) is 23.4. The highest BCUT2D eigenvalue weighted by atomic mass is 35.5. The minimum atomic E-state index is -0.140. The van der Waals surface area contributed by atoms with E-state index in [9.17, 15) is 0 Å². The van der Waals surface area contributed by atoms with E-state index in [4.69, 9.17) is 33.5 Å². The van der Waals surface area contributed by atoms with Crippen LogP contribution >= 0.6 is 23.8 Å². The number of nitrogens with one attached hydrogen (secondary N) is 1. The Morgan fingerprint density at radius 2 is 1.59 bits per heavy atom. The summed E-state index contributed by atoms with van der Waals surface area (Å²) in [5.41, 5.74) is 8.78. The summed E-state index contributed by atoms with van der Waals surface area (Å²) in [6.07, 6.45) is 1.83. The van der Waals surface area contributed by atoms with Crippen LogP contribution in [-0.4, -0.2) is 14.7 Å². The lowest BCUT2D eigenvalue weighted by Crippen LogP contribution is -2.29. The number of rotatable bonds is 6. The highest BCUT2D eigenvalue weighted by molar-refractivity contribution is 7.80. The van der Waals surface area contributed by atoms with Gasteiger partial charge < -0.3 is 19.5 Å². The van der Waals surface area contributed by atoms with E-state index < -0.39 is 0 Å². The van der Waals surface area contributed by atoms with Gasteiger partial charge in [0.05, 0.1) is 17.8 Å². The van der Waals surface area contributed by atoms with Crippen molar-refractivity contribution in [1.82, 2.24) is 14.9 Å². The quantitative estimate of drug-likeness (QED) is 0.204. The maximum atomic E-state index is 6.40. The molecule has 2 atom stereocenters. The van der Waals surface area contributed by atoms with Crippen molar-refractivity contribution < 1.29 is 4.74 Å². The molecule has 1 saturated heterocycles. The summed E-state index contributed by atoms with van der Waals surface area (Å²) >= 11 is 12.4. The van der Waals surface area contributed by atoms with Crippen molar-refractivity contribution in [3.63, 3.8) is 0 Å². The van der Waals surface area contributed by atoms with Gasteiger partial charge >= 0.3 is 0 Å². The van der Waals surface area contributed by atoms with Crippen molar-refractivity contribution in [2.24, 2.45) is 0 Å². The number of benzene rings is 3. The number of ether oxygens (including phenoxy) is 1. The lowest BCUT2D eigenvalue weighted by atomic mass is 9.93. The molecule has 206 valence electrons. The molecule has 1 aliphatic rings. The molecule has 0 spiro atoms. The Labute approximate surface area is 251 Å². The Morgan fingerprint density at radius 1 is 0.829 bits per heavy atom. The lowest BCUT2D eigenvalue weighted by molar-refractivity contribution is 0.479. The summed E-state index contributed by atoms with van der Waals surface area (Å²) < 4.78 is 8.46. The van der Waals surface area contributed by atoms with Crippen LogP contribution < -0.4 is 15.0 Å². The van der Waals surface area contributed by atoms with Gasteiger partial charge in [0.25, 0.3) is 0 Å². The van der Waals surface area contributed by atoms with Crippen molar-refractivity contribution >= 4 is 34.6 Å². The molecule has 0 aliphatic carbocycles. The van der Waals surface area contributed by atoms with Crippen molar-refractivity contribution in [3.8, 4) is 17.2 Å². The maximum absolute atomic E-state index is 6.40. The number of thiocarbonyl (C=S) groups is 1. The number of nitrogens with zero attached hydrogens (tertiary/aromatic N) is 3. The molecule has 1 fully saturated rings. The third-order valence-electron chi connectivity index (χ3n) is 7.90. The third kappa shape index (κ3) is 4.98. The summed E-state index contributed by atoms with van der Waals surface area (Å²) in [6, 6.07) is 29.9. The first-order valence-corrected chi connectivity index (χ1v) is 14.4. The van der Waals surface area contributed by atoms with E-state index in [1.54, 1.807) is 0 Å². The molecular weight excluding hydrogens is 548 g/mol. The van der Waals surface area contributed by atoms with E-state index in [1.165, 1.54) is 16.8 Å². The average Bonchev–Trinajstić information content (AvgIpc) is 3.42. The van der Waals surface area contributed by atoms with Crippen LogP contribution in [0.3, 0.4) is 0 Å². The fourth-order valence-corrected chi connectivity index (χ4v) is 6.37. The average molecular weight is 579 g/mol. The first-order valence-electron chi connectivity index (χ1n) is 13.6. The number of hydrogen-bond donors (Lipinski definition) is 1. The SMILES string of the molecule is Cc1ccccc1Oc1ccc(N2C(=S)N[C@H](c3ccccn3)[C@H]2c2c(C)c(C)n(-c3cccc(Cl)c3)c2C)cc1. The Bertz CT molecular complexity index is 1730. The Balaban J connectivity index is 1.45. The van der Waals surface area contributed by atoms with Gasteiger partial charge in [0.15, 0.2) is 5.11 Å². The fraction of sp³-hybridized carbons (Fsp3) is 0.176. The molecular formula is C34H31ClN4OS. The highest BCUT2D eigenvalue weighted by Crippen LogP contribution is 2.45. The molecule has 1 aliphatic heterocycles. The van der Waals surface area contributed by atoms with Gasteiger partial charge in [-0.05, 0) is 112 Å². The van der Waals surface area contributed by atoms with E-state index in [2.05, 4.69) is 59.8 Å². The summed E-state index contributed by atoms with van der Waals surface area (Å²) in [5.74, 6) is 1.62. The van der Waals surface area contributed by atoms with Crippen molar-refractivity contribution in [1.29, 1.82) is 0 Å². The standard InChI is InChI=1S/C34H31ClN4OS/c1-21-10-5-6-14-30(21)40-28-17-15-26(16-18-28)39-33(32(37-34(39)41)29-13-7-8-19-36-29)31-22(2)23(3)38(24(31)4)27-12-9-11-25(35)20-27/h5-20,32-33H,1-4H3,(H,37,41)/t32-,33-/m1/s1. The number of pyridine rings is 1. The molecule has 5 aromatic rings. The van der Waals surface area contributed by atoms with Gasteiger partial charge in [0, 0.05) is 39.5 Å². The second-order valence-corrected chi connectivity index (χ2v) is 11.2. The third-order valence-corrected chi connectivity index (χ3v) is 8.45. The molecule has 0 saturated carbocycles. The van der Waals surface area contributed by atoms with Crippen LogP contribution in [0.5, 0.6) is 11.5 Å². The number of halogens is 1. The fourth-order valence-electron chi connectivity index (χ4n) is 5.84. The molecule has 41 heavy (non-hydrogen) atoms. The van der Waals surface area contributed by atoms with Gasteiger partial charge in [-0.3, -0.25) is 4.98 Å². The first kappa shape index (κ1) is 27.1. The van der Waals surface area contributed by atoms with Gasteiger partial charge in [0.2, 0.25) is 0 Å². The summed E-state index contributed by atoms with van der Waals surface area (Å²) in [6.45, 7) is 8.56. The van der Waals surface area contributed by atoms with Crippen LogP contribution in [0.25, 0.3) is 5.69 Å². The second-order valence-electron chi connectivity index (χ2n) is 10.4. The monoisotopic (exact) mass is 578 g/mol. The topological polar surface area (TPSA) is 42.3 Å². The van der Waals surface area contributed by atoms with Crippen LogP contribution in [-0.2, 0) is 0 Å². The zero-order valence-corrected chi connectivity index (χ0v) is 25.0. The smallest absolute Gasteiger partial charge is 0.174 e. The maximum Gasteiger partial charge on any atom is 0.174 e. The Morgan fingerprint density at radius 3 is 2.29 bits per heavy atom. The van der Waals surface area contributed by atoms with Crippen LogP contribution in [0.15, 0.2) is 97.2 Å². The van der Waals surface area contributed by atoms with E-state index in [0.717, 1.165) is 39.8 Å². The highest BCUT2D eigenvalue weighted by Gasteiger charge is 2.43. The van der Waals surface area contributed by atoms with Crippen LogP contribution in [0.2, 0.25) is 5.02 Å². The van der Waals surface area contributed by atoms with Gasteiger partial charge in [-0.1, -0.05) is 41.9 Å². The van der Waals surface area contributed by atoms with E-state index >= 15 is 0 Å². The molecule has 6 rings (SSSR count). The lowest BCUT2D eigenvalue weighted by Gasteiger charge is -2.29. The normalized spacial score (nSPS) is 16.6. The molecule has 5 nitrogen and oxygen atoms in total. The Hall–Kier alpha value is -4.13. The molecule has 0 amide bonds. The molecule has 3 aromatic carbocycles. The summed E-state index contributed by atoms with van der Waals surface area (Å²) in [7, 11) is 0. The zero-order chi connectivity index (χ0) is 28.7. The second kappa shape index (κ2) is 11.0. The number of anilines is 1. The summed E-state index contributed by atoms with van der Waals surface area (Å²) in [5, 5.41) is 4.96. The predicted molar refractivity (Wildman–Crippen MR) is 171 cm³/mol. The van der Waals surface area contributed by atoms with Gasteiger partial charge in [-0.2, -0.15) is 0 Å². The van der Waals surface area contributed by atoms with Gasteiger partial charge in [-0.15, -0.1) is 0 Å². The van der Waals surface area contributed by atoms with Gasteiger partial charge in [-0.25, -0.2) is 0 Å². The Kier molecular flexibility index (Phi) is 7.28. The van der Waals surface area contributed by atoms with Crippen molar-refractivity contribution in [2.45, 2.75) is 39.8 Å². The van der Waals surface area contributed by atoms with Gasteiger partial charge in [0.1, 0.15) is 11.5 Å². The molecule has 0 unspecified atom stereocenters. The van der Waals surface area contributed by atoms with Crippen LogP contribution in [0.1, 0.15) is 45.9 Å². The number of aromatic nitrogens is 2. The molecule has 0 bridgehead atoms. The van der Waals surface area contributed by atoms with E-state index in [-0.39, 0.29) is 12.1 Å². The molecule has 2 aromatic heterocycles. The number of para-hydroxylation sites is 1. The minimum absolute atomic E-state index is 0.125. The predicted octanol–water partition coefficient (Wildman–Crippen LogP) is 8.73. The minimum Gasteiger partial charge on any atom is -0.457 e. The largest absolute Gasteiger partial charge is 0.457 e. The summed E-state index contributed by atoms with van der Waals surface area (Å²) in [4.78, 5) is 6.95.